The summed E-state index contributed by atoms with van der Waals surface area (Å²) in [6, 6.07) is 2.20. The molecule has 0 aliphatic heterocycles. The Bertz CT molecular complexity index is 542. The molecule has 0 aliphatic rings. The van der Waals surface area contributed by atoms with Crippen molar-refractivity contribution in [2.45, 2.75) is 5.75 Å². The summed E-state index contributed by atoms with van der Waals surface area (Å²) in [5, 5.41) is 10.3. The molecule has 1 N–H and O–H groups in total. The first kappa shape index (κ1) is 13.2. The summed E-state index contributed by atoms with van der Waals surface area (Å²) in [5.74, 6) is -0.956. The summed E-state index contributed by atoms with van der Waals surface area (Å²) in [6.07, 6.45) is 0. The van der Waals surface area contributed by atoms with Crippen LogP contribution >= 0.6 is 23.2 Å². The smallest absolute Gasteiger partial charge is 0.275 e. The lowest BCUT2D eigenvalue weighted by Gasteiger charge is -2.04. The highest BCUT2D eigenvalue weighted by atomic mass is 35.5. The quantitative estimate of drug-likeness (QED) is 0.522. The molecule has 88 valence electrons. The van der Waals surface area contributed by atoms with E-state index in [1.54, 1.807) is 0 Å². The maximum atomic E-state index is 10.7. The van der Waals surface area contributed by atoms with Gasteiger partial charge in [-0.2, -0.15) is 8.42 Å². The first-order valence-electron chi connectivity index (χ1n) is 3.79. The second-order valence-electron chi connectivity index (χ2n) is 2.84. The molecular formula is C7H5Cl2NO5S. The van der Waals surface area contributed by atoms with Crippen molar-refractivity contribution in [3.05, 3.63) is 37.9 Å². The van der Waals surface area contributed by atoms with Gasteiger partial charge in [0.1, 0.15) is 5.75 Å². The first-order valence-corrected chi connectivity index (χ1v) is 6.15. The summed E-state index contributed by atoms with van der Waals surface area (Å²) in [6.45, 7) is 0. The SMILES string of the molecule is O=[N+]([O-])c1ccc(Cl)c(Cl)c1CS(=O)(=O)O. The van der Waals surface area contributed by atoms with Gasteiger partial charge in [0.15, 0.2) is 0 Å². The van der Waals surface area contributed by atoms with Crippen LogP contribution in [0.4, 0.5) is 5.69 Å². The number of benzene rings is 1. The molecule has 0 unspecified atom stereocenters. The van der Waals surface area contributed by atoms with Crippen LogP contribution in [-0.2, 0) is 15.9 Å². The Morgan fingerprint density at radius 3 is 2.38 bits per heavy atom. The number of hydrogen-bond acceptors (Lipinski definition) is 4. The third kappa shape index (κ3) is 3.05. The zero-order valence-corrected chi connectivity index (χ0v) is 9.88. The fourth-order valence-electron chi connectivity index (χ4n) is 1.07. The van der Waals surface area contributed by atoms with Crippen molar-refractivity contribution in [1.82, 2.24) is 0 Å². The molecular weight excluding hydrogens is 281 g/mol. The number of rotatable bonds is 3. The van der Waals surface area contributed by atoms with Crippen molar-refractivity contribution < 1.29 is 17.9 Å². The number of nitrogens with zero attached hydrogens (tertiary/aromatic N) is 1. The van der Waals surface area contributed by atoms with Crippen molar-refractivity contribution in [1.29, 1.82) is 0 Å². The van der Waals surface area contributed by atoms with Crippen LogP contribution in [0.2, 0.25) is 10.0 Å². The van der Waals surface area contributed by atoms with Gasteiger partial charge in [0.05, 0.1) is 20.5 Å². The van der Waals surface area contributed by atoms with Crippen LogP contribution in [0, 0.1) is 10.1 Å². The maximum absolute atomic E-state index is 10.7. The molecule has 0 saturated carbocycles. The second kappa shape index (κ2) is 4.54. The van der Waals surface area contributed by atoms with E-state index in [2.05, 4.69) is 0 Å². The van der Waals surface area contributed by atoms with Crippen LogP contribution in [0.5, 0.6) is 0 Å². The molecule has 0 atom stereocenters. The van der Waals surface area contributed by atoms with Crippen LogP contribution in [0.25, 0.3) is 0 Å². The third-order valence-electron chi connectivity index (χ3n) is 1.69. The molecule has 0 amide bonds. The van der Waals surface area contributed by atoms with Gasteiger partial charge >= 0.3 is 0 Å². The van der Waals surface area contributed by atoms with E-state index in [1.807, 2.05) is 0 Å². The van der Waals surface area contributed by atoms with Gasteiger partial charge in [-0.05, 0) is 6.07 Å². The van der Waals surface area contributed by atoms with E-state index >= 15 is 0 Å². The van der Waals surface area contributed by atoms with Crippen molar-refractivity contribution in [2.24, 2.45) is 0 Å². The Balaban J connectivity index is 3.44. The second-order valence-corrected chi connectivity index (χ2v) is 5.08. The van der Waals surface area contributed by atoms with Crippen molar-refractivity contribution in [3.8, 4) is 0 Å². The van der Waals surface area contributed by atoms with Gasteiger partial charge in [0.2, 0.25) is 0 Å². The number of nitro groups is 1. The number of nitro benzene ring substituents is 1. The van der Waals surface area contributed by atoms with Crippen LogP contribution in [0.1, 0.15) is 5.56 Å². The van der Waals surface area contributed by atoms with Gasteiger partial charge in [-0.25, -0.2) is 0 Å². The minimum Gasteiger partial charge on any atom is -0.285 e. The molecule has 16 heavy (non-hydrogen) atoms. The van der Waals surface area contributed by atoms with E-state index < -0.39 is 26.5 Å². The Morgan fingerprint density at radius 1 is 1.38 bits per heavy atom. The predicted molar refractivity (Wildman–Crippen MR) is 58.4 cm³/mol. The molecule has 0 bridgehead atoms. The van der Waals surface area contributed by atoms with Gasteiger partial charge in [0.25, 0.3) is 15.8 Å². The van der Waals surface area contributed by atoms with Gasteiger partial charge in [-0.3, -0.25) is 14.7 Å². The fourth-order valence-corrected chi connectivity index (χ4v) is 2.21. The van der Waals surface area contributed by atoms with E-state index in [0.29, 0.717) is 0 Å². The molecule has 1 aromatic carbocycles. The first-order chi connectivity index (χ1) is 7.22. The van der Waals surface area contributed by atoms with Crippen LogP contribution in [-0.4, -0.2) is 17.9 Å². The highest BCUT2D eigenvalue weighted by molar-refractivity contribution is 7.85. The molecule has 0 fully saturated rings. The zero-order chi connectivity index (χ0) is 12.5. The number of halogens is 2. The van der Waals surface area contributed by atoms with E-state index in [4.69, 9.17) is 27.8 Å². The fraction of sp³-hybridized carbons (Fsp3) is 0.143. The molecule has 0 radical (unpaired) electrons. The summed E-state index contributed by atoms with van der Waals surface area (Å²) >= 11 is 11.2. The molecule has 0 aromatic heterocycles. The molecule has 0 spiro atoms. The highest BCUT2D eigenvalue weighted by Crippen LogP contribution is 2.33. The van der Waals surface area contributed by atoms with E-state index in [1.165, 1.54) is 6.07 Å². The minimum atomic E-state index is -4.42. The van der Waals surface area contributed by atoms with Gasteiger partial charge < -0.3 is 0 Å². The summed E-state index contributed by atoms with van der Waals surface area (Å²) in [7, 11) is -4.42. The molecule has 1 rings (SSSR count). The van der Waals surface area contributed by atoms with E-state index in [9.17, 15) is 18.5 Å². The predicted octanol–water partition coefficient (Wildman–Crippen LogP) is 2.29. The standard InChI is InChI=1S/C7H5Cl2NO5S/c8-5-1-2-6(10(11)12)4(7(5)9)3-16(13,14)15/h1-2H,3H2,(H,13,14,15). The molecule has 1 aromatic rings. The van der Waals surface area contributed by atoms with Crippen molar-refractivity contribution in [3.63, 3.8) is 0 Å². The lowest BCUT2D eigenvalue weighted by atomic mass is 10.2. The summed E-state index contributed by atoms with van der Waals surface area (Å²) in [5.41, 5.74) is -0.839. The van der Waals surface area contributed by atoms with Crippen molar-refractivity contribution >= 4 is 39.0 Å². The largest absolute Gasteiger partial charge is 0.285 e. The molecule has 0 saturated heterocycles. The Labute approximate surface area is 101 Å². The third-order valence-corrected chi connectivity index (χ3v) is 3.19. The topological polar surface area (TPSA) is 97.5 Å². The normalized spacial score (nSPS) is 11.4. The van der Waals surface area contributed by atoms with Gasteiger partial charge in [-0.15, -0.1) is 0 Å². The lowest BCUT2D eigenvalue weighted by Crippen LogP contribution is -2.05. The van der Waals surface area contributed by atoms with E-state index in [0.717, 1.165) is 6.07 Å². The lowest BCUT2D eigenvalue weighted by molar-refractivity contribution is -0.385. The van der Waals surface area contributed by atoms with Crippen LogP contribution in [0.15, 0.2) is 12.1 Å². The highest BCUT2D eigenvalue weighted by Gasteiger charge is 2.23. The number of hydrogen-bond donors (Lipinski definition) is 1. The average Bonchev–Trinajstić information content (AvgIpc) is 2.10. The monoisotopic (exact) mass is 285 g/mol. The van der Waals surface area contributed by atoms with Crippen molar-refractivity contribution in [2.75, 3.05) is 0 Å². The van der Waals surface area contributed by atoms with Crippen LogP contribution in [0.3, 0.4) is 0 Å². The van der Waals surface area contributed by atoms with Crippen LogP contribution < -0.4 is 0 Å². The Kier molecular flexibility index (Phi) is 3.74. The maximum Gasteiger partial charge on any atom is 0.275 e. The zero-order valence-electron chi connectivity index (χ0n) is 7.55. The van der Waals surface area contributed by atoms with E-state index in [-0.39, 0.29) is 15.6 Å². The van der Waals surface area contributed by atoms with Gasteiger partial charge in [-0.1, -0.05) is 23.2 Å². The Hall–Kier alpha value is -0.890. The summed E-state index contributed by atoms with van der Waals surface area (Å²) < 4.78 is 30.0. The minimum absolute atomic E-state index is 0.0223. The molecule has 9 heteroatoms. The summed E-state index contributed by atoms with van der Waals surface area (Å²) in [4.78, 5) is 9.80. The molecule has 0 heterocycles. The average molecular weight is 286 g/mol. The Morgan fingerprint density at radius 2 is 1.94 bits per heavy atom. The van der Waals surface area contributed by atoms with Gasteiger partial charge in [0, 0.05) is 6.07 Å². The molecule has 6 nitrogen and oxygen atoms in total. The molecule has 0 aliphatic carbocycles.